The Morgan fingerprint density at radius 3 is 2.69 bits per heavy atom. The van der Waals surface area contributed by atoms with Crippen LogP contribution in [0, 0.1) is 0 Å². The molecule has 0 bridgehead atoms. The molecule has 0 aliphatic rings. The number of halogens is 1. The summed E-state index contributed by atoms with van der Waals surface area (Å²) in [6.45, 7) is 3.64. The van der Waals surface area contributed by atoms with Crippen LogP contribution in [-0.2, 0) is 11.2 Å². The van der Waals surface area contributed by atoms with E-state index in [1.165, 1.54) is 14.2 Å². The fourth-order valence-electron chi connectivity index (χ4n) is 1.44. The molecular weight excluding hydrogens is 228 g/mol. The smallest absolute Gasteiger partial charge is 0.338 e. The minimum absolute atomic E-state index is 0.409. The van der Waals surface area contributed by atoms with Crippen molar-refractivity contribution in [1.29, 1.82) is 0 Å². The van der Waals surface area contributed by atoms with E-state index in [-0.39, 0.29) is 0 Å². The minimum Gasteiger partial charge on any atom is -0.496 e. The van der Waals surface area contributed by atoms with Crippen LogP contribution in [0.1, 0.15) is 15.9 Å². The fourth-order valence-corrected chi connectivity index (χ4v) is 1.65. The zero-order valence-corrected chi connectivity index (χ0v) is 10.0. The number of benzene rings is 1. The van der Waals surface area contributed by atoms with Crippen molar-refractivity contribution >= 4 is 17.6 Å². The molecule has 0 radical (unpaired) electrons. The maximum Gasteiger partial charge on any atom is 0.338 e. The molecule has 0 heterocycles. The number of esters is 1. The average molecular weight is 241 g/mol. The summed E-state index contributed by atoms with van der Waals surface area (Å²) in [4.78, 5) is 11.6. The van der Waals surface area contributed by atoms with Gasteiger partial charge in [0.15, 0.2) is 0 Å². The lowest BCUT2D eigenvalue weighted by Crippen LogP contribution is -2.07. The third-order valence-electron chi connectivity index (χ3n) is 2.15. The lowest BCUT2D eigenvalue weighted by Gasteiger charge is -2.11. The van der Waals surface area contributed by atoms with Crippen molar-refractivity contribution in [2.45, 2.75) is 6.42 Å². The van der Waals surface area contributed by atoms with Gasteiger partial charge in [0.25, 0.3) is 0 Å². The molecule has 0 atom stereocenters. The maximum absolute atomic E-state index is 11.6. The van der Waals surface area contributed by atoms with Crippen LogP contribution >= 0.6 is 11.6 Å². The van der Waals surface area contributed by atoms with Gasteiger partial charge in [-0.15, -0.1) is 6.58 Å². The van der Waals surface area contributed by atoms with E-state index in [2.05, 4.69) is 6.58 Å². The van der Waals surface area contributed by atoms with Gasteiger partial charge in [-0.05, 0) is 18.6 Å². The Kier molecular flexibility index (Phi) is 4.38. The lowest BCUT2D eigenvalue weighted by molar-refractivity contribution is 0.0599. The molecule has 16 heavy (non-hydrogen) atoms. The quantitative estimate of drug-likeness (QED) is 0.600. The topological polar surface area (TPSA) is 35.5 Å². The van der Waals surface area contributed by atoms with E-state index in [1.54, 1.807) is 18.2 Å². The van der Waals surface area contributed by atoms with E-state index >= 15 is 0 Å². The fraction of sp³-hybridized carbons (Fsp3) is 0.250. The molecule has 0 aliphatic heterocycles. The van der Waals surface area contributed by atoms with Crippen molar-refractivity contribution in [3.05, 3.63) is 40.9 Å². The van der Waals surface area contributed by atoms with Crippen molar-refractivity contribution < 1.29 is 14.3 Å². The number of hydrogen-bond acceptors (Lipinski definition) is 3. The molecule has 0 saturated carbocycles. The molecule has 0 aliphatic carbocycles. The van der Waals surface area contributed by atoms with Crippen molar-refractivity contribution in [3.8, 4) is 5.75 Å². The van der Waals surface area contributed by atoms with E-state index in [9.17, 15) is 4.79 Å². The van der Waals surface area contributed by atoms with Gasteiger partial charge < -0.3 is 9.47 Å². The molecule has 4 heteroatoms. The molecule has 0 fully saturated rings. The first-order valence-corrected chi connectivity index (χ1v) is 5.07. The van der Waals surface area contributed by atoms with E-state index in [0.717, 1.165) is 5.56 Å². The Hall–Kier alpha value is -1.48. The molecule has 0 saturated heterocycles. The zero-order valence-electron chi connectivity index (χ0n) is 9.25. The van der Waals surface area contributed by atoms with Crippen LogP contribution in [0.25, 0.3) is 0 Å². The predicted octanol–water partition coefficient (Wildman–Crippen LogP) is 2.86. The second-order valence-electron chi connectivity index (χ2n) is 3.12. The van der Waals surface area contributed by atoms with E-state index in [1.807, 2.05) is 0 Å². The number of hydrogen-bond donors (Lipinski definition) is 0. The highest BCUT2D eigenvalue weighted by atomic mass is 35.5. The monoisotopic (exact) mass is 240 g/mol. The van der Waals surface area contributed by atoms with Gasteiger partial charge in [-0.1, -0.05) is 17.7 Å². The normalized spacial score (nSPS) is 9.69. The van der Waals surface area contributed by atoms with Gasteiger partial charge in [0.1, 0.15) is 5.75 Å². The Morgan fingerprint density at radius 2 is 2.19 bits per heavy atom. The molecule has 0 N–H and O–H groups in total. The molecule has 0 amide bonds. The van der Waals surface area contributed by atoms with E-state index < -0.39 is 5.97 Å². The summed E-state index contributed by atoms with van der Waals surface area (Å²) in [6.07, 6.45) is 2.21. The summed E-state index contributed by atoms with van der Waals surface area (Å²) in [7, 11) is 2.85. The van der Waals surface area contributed by atoms with Crippen LogP contribution in [0.3, 0.4) is 0 Å². The first-order chi connectivity index (χ1) is 7.63. The van der Waals surface area contributed by atoms with Gasteiger partial charge in [-0.3, -0.25) is 0 Å². The summed E-state index contributed by atoms with van der Waals surface area (Å²) in [5.41, 5.74) is 1.14. The largest absolute Gasteiger partial charge is 0.496 e. The summed E-state index contributed by atoms with van der Waals surface area (Å²) in [5, 5.41) is 0.435. The van der Waals surface area contributed by atoms with Crippen molar-refractivity contribution in [2.75, 3.05) is 14.2 Å². The van der Waals surface area contributed by atoms with Crippen molar-refractivity contribution in [1.82, 2.24) is 0 Å². The first kappa shape index (κ1) is 12.6. The van der Waals surface area contributed by atoms with Crippen molar-refractivity contribution in [2.24, 2.45) is 0 Å². The van der Waals surface area contributed by atoms with Crippen LogP contribution in [-0.4, -0.2) is 20.2 Å². The highest BCUT2D eigenvalue weighted by molar-refractivity contribution is 6.31. The van der Waals surface area contributed by atoms with Crippen LogP contribution in [0.5, 0.6) is 5.75 Å². The van der Waals surface area contributed by atoms with Gasteiger partial charge in [0.05, 0.1) is 19.8 Å². The summed E-state index contributed by atoms with van der Waals surface area (Å²) >= 11 is 5.89. The standard InChI is InChI=1S/C12H13ClO3/c1-4-5-9-10(12(14)16-3)6-8(13)7-11(9)15-2/h4,6-7H,1,5H2,2-3H3. The molecule has 1 rings (SSSR count). The molecule has 86 valence electrons. The lowest BCUT2D eigenvalue weighted by atomic mass is 10.0. The Bertz CT molecular complexity index is 413. The van der Waals surface area contributed by atoms with E-state index in [4.69, 9.17) is 21.1 Å². The SMILES string of the molecule is C=CCc1c(OC)cc(Cl)cc1C(=O)OC. The summed E-state index contributed by atoms with van der Waals surface area (Å²) < 4.78 is 9.86. The molecule has 0 unspecified atom stereocenters. The Labute approximate surface area is 99.6 Å². The Morgan fingerprint density at radius 1 is 1.50 bits per heavy atom. The zero-order chi connectivity index (χ0) is 12.1. The van der Waals surface area contributed by atoms with Gasteiger partial charge >= 0.3 is 5.97 Å². The van der Waals surface area contributed by atoms with Gasteiger partial charge in [-0.25, -0.2) is 4.79 Å². The number of carbonyl (C=O) groups excluding carboxylic acids is 1. The van der Waals surface area contributed by atoms with Gasteiger partial charge in [-0.2, -0.15) is 0 Å². The Balaban J connectivity index is 3.37. The van der Waals surface area contributed by atoms with Gasteiger partial charge in [0, 0.05) is 10.6 Å². The van der Waals surface area contributed by atoms with E-state index in [0.29, 0.717) is 22.8 Å². The maximum atomic E-state index is 11.6. The van der Waals surface area contributed by atoms with Gasteiger partial charge in [0.2, 0.25) is 0 Å². The highest BCUT2D eigenvalue weighted by Gasteiger charge is 2.16. The average Bonchev–Trinajstić information content (AvgIpc) is 2.29. The number of allylic oxidation sites excluding steroid dienone is 1. The highest BCUT2D eigenvalue weighted by Crippen LogP contribution is 2.28. The first-order valence-electron chi connectivity index (χ1n) is 4.69. The molecule has 1 aromatic carbocycles. The number of methoxy groups -OCH3 is 2. The summed E-state index contributed by atoms with van der Waals surface area (Å²) in [5.74, 6) is 0.130. The minimum atomic E-state index is -0.433. The number of carbonyl (C=O) groups is 1. The molecule has 1 aromatic rings. The molecule has 0 spiro atoms. The van der Waals surface area contributed by atoms with Crippen LogP contribution < -0.4 is 4.74 Å². The predicted molar refractivity (Wildman–Crippen MR) is 63.2 cm³/mol. The molecular formula is C12H13ClO3. The third-order valence-corrected chi connectivity index (χ3v) is 2.37. The second kappa shape index (κ2) is 5.56. The van der Waals surface area contributed by atoms with Crippen LogP contribution in [0.15, 0.2) is 24.8 Å². The third kappa shape index (κ3) is 2.55. The van der Waals surface area contributed by atoms with Crippen molar-refractivity contribution in [3.63, 3.8) is 0 Å². The van der Waals surface area contributed by atoms with Crippen LogP contribution in [0.2, 0.25) is 5.02 Å². The van der Waals surface area contributed by atoms with Crippen LogP contribution in [0.4, 0.5) is 0 Å². The number of rotatable bonds is 4. The second-order valence-corrected chi connectivity index (χ2v) is 3.55. The molecule has 3 nitrogen and oxygen atoms in total. The number of ether oxygens (including phenoxy) is 2. The molecule has 0 aromatic heterocycles. The summed E-state index contributed by atoms with van der Waals surface area (Å²) in [6, 6.07) is 3.22.